The molecule has 0 aliphatic carbocycles. The fourth-order valence-corrected chi connectivity index (χ4v) is 2.10. The van der Waals surface area contributed by atoms with E-state index in [4.69, 9.17) is 9.47 Å². The maximum atomic E-state index is 5.25. The van der Waals surface area contributed by atoms with Gasteiger partial charge in [0.25, 0.3) is 0 Å². The molecular formula is C15H20N2O2. The minimum atomic E-state index is -0.268. The average Bonchev–Trinajstić information content (AvgIpc) is 2.94. The van der Waals surface area contributed by atoms with Crippen LogP contribution in [0, 0.1) is 0 Å². The van der Waals surface area contributed by atoms with Crippen molar-refractivity contribution in [2.24, 2.45) is 0 Å². The molecular weight excluding hydrogens is 240 g/mol. The molecule has 102 valence electrons. The largest absolute Gasteiger partial charge is 0.377 e. The lowest BCUT2D eigenvalue weighted by Crippen LogP contribution is -2.33. The van der Waals surface area contributed by atoms with Gasteiger partial charge < -0.3 is 19.4 Å². The van der Waals surface area contributed by atoms with Crippen LogP contribution in [-0.4, -0.2) is 31.1 Å². The molecule has 0 aliphatic rings. The number of nitrogens with one attached hydrogen (secondary N) is 1. The first-order valence-corrected chi connectivity index (χ1v) is 6.30. The summed E-state index contributed by atoms with van der Waals surface area (Å²) < 4.78 is 12.6. The maximum absolute atomic E-state index is 5.25. The van der Waals surface area contributed by atoms with Crippen LogP contribution in [0.5, 0.6) is 0 Å². The third-order valence-corrected chi connectivity index (χ3v) is 3.02. The summed E-state index contributed by atoms with van der Waals surface area (Å²) in [6.45, 7) is 2.03. The molecule has 2 aromatic rings. The predicted molar refractivity (Wildman–Crippen MR) is 76.7 cm³/mol. The number of nitrogens with zero attached hydrogens (tertiary/aromatic N) is 1. The lowest BCUT2D eigenvalue weighted by Gasteiger charge is -2.23. The van der Waals surface area contributed by atoms with Crippen LogP contribution < -0.4 is 5.32 Å². The second-order valence-corrected chi connectivity index (χ2v) is 4.41. The van der Waals surface area contributed by atoms with Crippen LogP contribution in [0.2, 0.25) is 0 Å². The van der Waals surface area contributed by atoms with Gasteiger partial charge in [-0.3, -0.25) is 0 Å². The summed E-state index contributed by atoms with van der Waals surface area (Å²) in [4.78, 5) is 0. The van der Waals surface area contributed by atoms with Gasteiger partial charge in [-0.15, -0.1) is 0 Å². The normalized spacial score (nSPS) is 12.6. The second kappa shape index (κ2) is 6.41. The Hall–Kier alpha value is -1.78. The highest BCUT2D eigenvalue weighted by molar-refractivity contribution is 5.51. The highest BCUT2D eigenvalue weighted by Crippen LogP contribution is 2.17. The molecule has 0 fully saturated rings. The van der Waals surface area contributed by atoms with Crippen molar-refractivity contribution in [2.45, 2.75) is 19.3 Å². The average molecular weight is 260 g/mol. The number of methoxy groups -OCH3 is 2. The van der Waals surface area contributed by atoms with Gasteiger partial charge in [0, 0.05) is 38.0 Å². The highest BCUT2D eigenvalue weighted by Gasteiger charge is 2.15. The topological polar surface area (TPSA) is 35.4 Å². The van der Waals surface area contributed by atoms with Crippen LogP contribution in [0.4, 0.5) is 5.69 Å². The van der Waals surface area contributed by atoms with Crippen molar-refractivity contribution in [1.29, 1.82) is 0 Å². The van der Waals surface area contributed by atoms with Crippen molar-refractivity contribution in [3.63, 3.8) is 0 Å². The molecule has 1 aromatic carbocycles. The van der Waals surface area contributed by atoms with Crippen LogP contribution in [0.25, 0.3) is 5.69 Å². The van der Waals surface area contributed by atoms with E-state index < -0.39 is 0 Å². The molecule has 0 saturated carbocycles. The zero-order valence-electron chi connectivity index (χ0n) is 11.5. The number of ether oxygens (including phenoxy) is 2. The van der Waals surface area contributed by atoms with E-state index in [2.05, 4.69) is 22.0 Å². The molecule has 1 aromatic heterocycles. The number of hydrogen-bond donors (Lipinski definition) is 1. The smallest absolute Gasteiger partial charge is 0.176 e. The Balaban J connectivity index is 2.11. The molecule has 4 heteroatoms. The monoisotopic (exact) mass is 260 g/mol. The van der Waals surface area contributed by atoms with Gasteiger partial charge in [-0.25, -0.2) is 0 Å². The standard InChI is InChI=1S/C15H20N2O2/c1-12(15(18-2)19-3)16-13-7-6-8-14(11-13)17-9-4-5-10-17/h4-12,15-16H,1-3H3. The van der Waals surface area contributed by atoms with Gasteiger partial charge in [0.1, 0.15) is 0 Å². The molecule has 0 spiro atoms. The number of benzene rings is 1. The Morgan fingerprint density at radius 2 is 1.74 bits per heavy atom. The summed E-state index contributed by atoms with van der Waals surface area (Å²) in [6, 6.07) is 12.3. The molecule has 2 rings (SSSR count). The van der Waals surface area contributed by atoms with E-state index in [1.807, 2.05) is 43.6 Å². The van der Waals surface area contributed by atoms with Crippen molar-refractivity contribution >= 4 is 5.69 Å². The fourth-order valence-electron chi connectivity index (χ4n) is 2.10. The molecule has 1 atom stereocenters. The Kier molecular flexibility index (Phi) is 4.60. The van der Waals surface area contributed by atoms with Crippen LogP contribution in [0.1, 0.15) is 6.92 Å². The third-order valence-electron chi connectivity index (χ3n) is 3.02. The zero-order valence-corrected chi connectivity index (χ0v) is 11.5. The van der Waals surface area contributed by atoms with Gasteiger partial charge in [-0.1, -0.05) is 6.07 Å². The SMILES string of the molecule is COC(OC)C(C)Nc1cccc(-n2cccc2)c1. The van der Waals surface area contributed by atoms with E-state index in [0.29, 0.717) is 0 Å². The molecule has 0 bridgehead atoms. The van der Waals surface area contributed by atoms with Crippen molar-refractivity contribution in [1.82, 2.24) is 4.57 Å². The van der Waals surface area contributed by atoms with E-state index in [1.165, 1.54) is 0 Å². The van der Waals surface area contributed by atoms with Gasteiger partial charge in [0.2, 0.25) is 0 Å². The molecule has 1 unspecified atom stereocenters. The molecule has 0 radical (unpaired) electrons. The van der Waals surface area contributed by atoms with Crippen LogP contribution in [-0.2, 0) is 9.47 Å². The number of aromatic nitrogens is 1. The van der Waals surface area contributed by atoms with Gasteiger partial charge in [-0.05, 0) is 37.3 Å². The number of anilines is 1. The van der Waals surface area contributed by atoms with E-state index in [9.17, 15) is 0 Å². The summed E-state index contributed by atoms with van der Waals surface area (Å²) in [5.41, 5.74) is 2.16. The lowest BCUT2D eigenvalue weighted by molar-refractivity contribution is -0.109. The Labute approximate surface area is 114 Å². The molecule has 0 amide bonds. The summed E-state index contributed by atoms with van der Waals surface area (Å²) >= 11 is 0. The summed E-state index contributed by atoms with van der Waals surface area (Å²) in [7, 11) is 3.28. The summed E-state index contributed by atoms with van der Waals surface area (Å²) in [6.07, 6.45) is 3.78. The molecule has 0 aliphatic heterocycles. The highest BCUT2D eigenvalue weighted by atomic mass is 16.7. The predicted octanol–water partition coefficient (Wildman–Crippen LogP) is 2.90. The van der Waals surface area contributed by atoms with Crippen molar-refractivity contribution in [2.75, 3.05) is 19.5 Å². The zero-order chi connectivity index (χ0) is 13.7. The summed E-state index contributed by atoms with van der Waals surface area (Å²) in [5.74, 6) is 0. The lowest BCUT2D eigenvalue weighted by atomic mass is 10.2. The third kappa shape index (κ3) is 3.36. The first-order valence-electron chi connectivity index (χ1n) is 6.30. The first kappa shape index (κ1) is 13.6. The van der Waals surface area contributed by atoms with Gasteiger partial charge in [-0.2, -0.15) is 0 Å². The first-order chi connectivity index (χ1) is 9.24. The Morgan fingerprint density at radius 1 is 1.05 bits per heavy atom. The summed E-state index contributed by atoms with van der Waals surface area (Å²) in [5, 5.41) is 3.38. The Bertz CT molecular complexity index is 493. The van der Waals surface area contributed by atoms with Crippen molar-refractivity contribution in [3.05, 3.63) is 48.8 Å². The number of rotatable bonds is 6. The fraction of sp³-hybridized carbons (Fsp3) is 0.333. The Morgan fingerprint density at radius 3 is 2.37 bits per heavy atom. The van der Waals surface area contributed by atoms with Crippen LogP contribution in [0.3, 0.4) is 0 Å². The van der Waals surface area contributed by atoms with E-state index in [1.54, 1.807) is 14.2 Å². The molecule has 1 N–H and O–H groups in total. The maximum Gasteiger partial charge on any atom is 0.176 e. The minimum Gasteiger partial charge on any atom is -0.377 e. The minimum absolute atomic E-state index is 0.0647. The second-order valence-electron chi connectivity index (χ2n) is 4.41. The van der Waals surface area contributed by atoms with E-state index >= 15 is 0 Å². The van der Waals surface area contributed by atoms with E-state index in [0.717, 1.165) is 11.4 Å². The van der Waals surface area contributed by atoms with Crippen LogP contribution >= 0.6 is 0 Å². The van der Waals surface area contributed by atoms with E-state index in [-0.39, 0.29) is 12.3 Å². The molecule has 4 nitrogen and oxygen atoms in total. The molecule has 0 saturated heterocycles. The van der Waals surface area contributed by atoms with Gasteiger partial charge in [0.05, 0.1) is 6.04 Å². The van der Waals surface area contributed by atoms with Gasteiger partial charge >= 0.3 is 0 Å². The van der Waals surface area contributed by atoms with Crippen molar-refractivity contribution < 1.29 is 9.47 Å². The molecule has 19 heavy (non-hydrogen) atoms. The van der Waals surface area contributed by atoms with Crippen molar-refractivity contribution in [3.8, 4) is 5.69 Å². The quantitative estimate of drug-likeness (QED) is 0.811. The molecule has 1 heterocycles. The number of hydrogen-bond acceptors (Lipinski definition) is 3. The van der Waals surface area contributed by atoms with Crippen LogP contribution in [0.15, 0.2) is 48.8 Å². The van der Waals surface area contributed by atoms with Gasteiger partial charge in [0.15, 0.2) is 6.29 Å².